The van der Waals surface area contributed by atoms with Crippen molar-refractivity contribution in [2.24, 2.45) is 0 Å². The molecule has 0 aliphatic carbocycles. The Labute approximate surface area is 129 Å². The van der Waals surface area contributed by atoms with E-state index in [1.807, 2.05) is 49.4 Å². The summed E-state index contributed by atoms with van der Waals surface area (Å²) in [5, 5.41) is 9.83. The molecule has 0 aliphatic rings. The Morgan fingerprint density at radius 1 is 1.41 bits per heavy atom. The highest BCUT2D eigenvalue weighted by molar-refractivity contribution is 5.83. The maximum absolute atomic E-state index is 10.8. The maximum Gasteiger partial charge on any atom is 0.323 e. The van der Waals surface area contributed by atoms with Crippen LogP contribution in [0.25, 0.3) is 10.9 Å². The van der Waals surface area contributed by atoms with Crippen LogP contribution in [0.2, 0.25) is 0 Å². The maximum atomic E-state index is 10.8. The van der Waals surface area contributed by atoms with Gasteiger partial charge in [-0.05, 0) is 36.8 Å². The number of fused-ring (bicyclic) bond motifs is 1. The van der Waals surface area contributed by atoms with Gasteiger partial charge in [0.1, 0.15) is 18.9 Å². The van der Waals surface area contributed by atoms with Gasteiger partial charge in [-0.25, -0.2) is 0 Å². The summed E-state index contributed by atoms with van der Waals surface area (Å²) in [6.45, 7) is 6.11. The molecule has 0 fully saturated rings. The molecule has 114 valence electrons. The summed E-state index contributed by atoms with van der Waals surface area (Å²) in [5.41, 5.74) is 1.87. The molecule has 1 heterocycles. The monoisotopic (exact) mass is 297 g/mol. The van der Waals surface area contributed by atoms with E-state index < -0.39 is 5.97 Å². The Morgan fingerprint density at radius 3 is 2.91 bits per heavy atom. The van der Waals surface area contributed by atoms with E-state index in [1.54, 1.807) is 16.8 Å². The molecule has 0 spiro atoms. The highest BCUT2D eigenvalue weighted by atomic mass is 16.5. The summed E-state index contributed by atoms with van der Waals surface area (Å²) in [7, 11) is 0. The Balaban J connectivity index is 2.13. The fraction of sp³-hybridized carbons (Fsp3) is 0.167. The summed E-state index contributed by atoms with van der Waals surface area (Å²) >= 11 is 0. The molecule has 0 unspecified atom stereocenters. The average molecular weight is 297 g/mol. The molecule has 0 saturated carbocycles. The number of hydrogen-bond donors (Lipinski definition) is 1. The summed E-state index contributed by atoms with van der Waals surface area (Å²) in [6, 6.07) is 7.51. The van der Waals surface area contributed by atoms with Crippen LogP contribution in [0.5, 0.6) is 5.75 Å². The van der Waals surface area contributed by atoms with Crippen molar-refractivity contribution < 1.29 is 14.6 Å². The highest BCUT2D eigenvalue weighted by Crippen LogP contribution is 2.22. The molecule has 0 amide bonds. The molecular formula is C18H19NO3. The van der Waals surface area contributed by atoms with Crippen LogP contribution in [0.1, 0.15) is 6.92 Å². The van der Waals surface area contributed by atoms with Gasteiger partial charge in [-0.3, -0.25) is 4.79 Å². The number of allylic oxidation sites excluding steroid dienone is 3. The van der Waals surface area contributed by atoms with Crippen molar-refractivity contribution in [3.63, 3.8) is 0 Å². The SMILES string of the molecule is C=C/C(=C\C=C/C)COc1ccc2c(ccn2CC(=O)O)c1. The number of ether oxygens (including phenoxy) is 1. The van der Waals surface area contributed by atoms with Crippen molar-refractivity contribution in [2.45, 2.75) is 13.5 Å². The quantitative estimate of drug-likeness (QED) is 0.791. The minimum Gasteiger partial charge on any atom is -0.489 e. The van der Waals surface area contributed by atoms with E-state index in [-0.39, 0.29) is 6.54 Å². The molecule has 0 saturated heterocycles. The van der Waals surface area contributed by atoms with Gasteiger partial charge in [0, 0.05) is 17.1 Å². The van der Waals surface area contributed by atoms with Gasteiger partial charge in [-0.15, -0.1) is 0 Å². The van der Waals surface area contributed by atoms with Crippen LogP contribution >= 0.6 is 0 Å². The Morgan fingerprint density at radius 2 is 2.23 bits per heavy atom. The summed E-state index contributed by atoms with van der Waals surface area (Å²) in [4.78, 5) is 10.8. The number of rotatable bonds is 7. The van der Waals surface area contributed by atoms with Crippen LogP contribution in [-0.2, 0) is 11.3 Å². The second-order valence-corrected chi connectivity index (χ2v) is 4.82. The lowest BCUT2D eigenvalue weighted by Crippen LogP contribution is -2.07. The highest BCUT2D eigenvalue weighted by Gasteiger charge is 2.06. The van der Waals surface area contributed by atoms with Crippen molar-refractivity contribution in [1.29, 1.82) is 0 Å². The normalized spacial score (nSPS) is 12.0. The number of carboxylic acid groups (broad SMARTS) is 1. The summed E-state index contributed by atoms with van der Waals surface area (Å²) in [6.07, 6.45) is 9.37. The molecule has 1 aromatic heterocycles. The molecular weight excluding hydrogens is 278 g/mol. The smallest absolute Gasteiger partial charge is 0.323 e. The average Bonchev–Trinajstić information content (AvgIpc) is 2.89. The van der Waals surface area contributed by atoms with Crippen LogP contribution in [0, 0.1) is 0 Å². The van der Waals surface area contributed by atoms with Crippen LogP contribution in [0.3, 0.4) is 0 Å². The topological polar surface area (TPSA) is 51.5 Å². The minimum absolute atomic E-state index is 0.0452. The first-order valence-electron chi connectivity index (χ1n) is 7.02. The third-order valence-electron chi connectivity index (χ3n) is 3.22. The zero-order valence-electron chi connectivity index (χ0n) is 12.5. The molecule has 0 radical (unpaired) electrons. The molecule has 1 aromatic carbocycles. The molecule has 0 atom stereocenters. The number of carboxylic acids is 1. The third kappa shape index (κ3) is 3.88. The van der Waals surface area contributed by atoms with Crippen molar-refractivity contribution in [2.75, 3.05) is 6.61 Å². The van der Waals surface area contributed by atoms with Crippen molar-refractivity contribution >= 4 is 16.9 Å². The molecule has 4 nitrogen and oxygen atoms in total. The number of carbonyl (C=O) groups is 1. The van der Waals surface area contributed by atoms with Gasteiger partial charge in [0.15, 0.2) is 0 Å². The zero-order valence-corrected chi connectivity index (χ0v) is 12.5. The van der Waals surface area contributed by atoms with Crippen molar-refractivity contribution in [3.05, 3.63) is 66.9 Å². The van der Waals surface area contributed by atoms with E-state index in [4.69, 9.17) is 9.84 Å². The number of aliphatic carboxylic acids is 1. The van der Waals surface area contributed by atoms with Crippen LogP contribution in [0.4, 0.5) is 0 Å². The van der Waals surface area contributed by atoms with Gasteiger partial charge in [0.2, 0.25) is 0 Å². The fourth-order valence-corrected chi connectivity index (χ4v) is 2.11. The van der Waals surface area contributed by atoms with Crippen LogP contribution in [0.15, 0.2) is 66.9 Å². The van der Waals surface area contributed by atoms with E-state index in [9.17, 15) is 4.79 Å². The minimum atomic E-state index is -0.859. The number of benzene rings is 1. The van der Waals surface area contributed by atoms with Gasteiger partial charge < -0.3 is 14.4 Å². The van der Waals surface area contributed by atoms with E-state index in [0.29, 0.717) is 6.61 Å². The lowest BCUT2D eigenvalue weighted by Gasteiger charge is -2.07. The van der Waals surface area contributed by atoms with Crippen molar-refractivity contribution in [3.8, 4) is 5.75 Å². The van der Waals surface area contributed by atoms with Gasteiger partial charge in [0.25, 0.3) is 0 Å². The predicted molar refractivity (Wildman–Crippen MR) is 88.2 cm³/mol. The van der Waals surface area contributed by atoms with E-state index in [1.165, 1.54) is 0 Å². The standard InChI is InChI=1S/C18H19NO3/c1-3-5-6-14(4-2)13-22-16-7-8-17-15(11-16)9-10-19(17)12-18(20)21/h3-11H,2,12-13H2,1H3,(H,20,21)/b5-3-,14-6+. The molecule has 1 N–H and O–H groups in total. The lowest BCUT2D eigenvalue weighted by molar-refractivity contribution is -0.137. The Kier molecular flexibility index (Phi) is 5.20. The zero-order chi connectivity index (χ0) is 15.9. The molecule has 4 heteroatoms. The van der Waals surface area contributed by atoms with Crippen LogP contribution in [-0.4, -0.2) is 22.2 Å². The lowest BCUT2D eigenvalue weighted by atomic mass is 10.2. The molecule has 0 bridgehead atoms. The van der Waals surface area contributed by atoms with Crippen LogP contribution < -0.4 is 4.74 Å². The number of hydrogen-bond acceptors (Lipinski definition) is 2. The first-order chi connectivity index (χ1) is 10.6. The summed E-state index contributed by atoms with van der Waals surface area (Å²) < 4.78 is 7.45. The molecule has 0 aliphatic heterocycles. The van der Waals surface area contributed by atoms with Gasteiger partial charge >= 0.3 is 5.97 Å². The first kappa shape index (κ1) is 15.6. The van der Waals surface area contributed by atoms with Gasteiger partial charge in [0.05, 0.1) is 0 Å². The largest absolute Gasteiger partial charge is 0.489 e. The van der Waals surface area contributed by atoms with Gasteiger partial charge in [-0.2, -0.15) is 0 Å². The Bertz CT molecular complexity index is 738. The number of nitrogens with zero attached hydrogens (tertiary/aromatic N) is 1. The first-order valence-corrected chi connectivity index (χ1v) is 7.02. The number of aromatic nitrogens is 1. The third-order valence-corrected chi connectivity index (χ3v) is 3.22. The van der Waals surface area contributed by atoms with E-state index in [2.05, 4.69) is 6.58 Å². The molecule has 22 heavy (non-hydrogen) atoms. The van der Waals surface area contributed by atoms with Gasteiger partial charge in [-0.1, -0.05) is 30.9 Å². The second kappa shape index (κ2) is 7.31. The van der Waals surface area contributed by atoms with Crippen molar-refractivity contribution in [1.82, 2.24) is 4.57 Å². The summed E-state index contributed by atoms with van der Waals surface area (Å²) in [5.74, 6) is -0.114. The van der Waals surface area contributed by atoms with E-state index >= 15 is 0 Å². The Hall–Kier alpha value is -2.75. The molecule has 2 rings (SSSR count). The molecule has 2 aromatic rings. The fourth-order valence-electron chi connectivity index (χ4n) is 2.11. The second-order valence-electron chi connectivity index (χ2n) is 4.82. The van der Waals surface area contributed by atoms with E-state index in [0.717, 1.165) is 22.2 Å². The predicted octanol–water partition coefficient (Wildman–Crippen LogP) is 3.79.